The Morgan fingerprint density at radius 2 is 2.03 bits per heavy atom. The van der Waals surface area contributed by atoms with Crippen molar-refractivity contribution in [2.24, 2.45) is 0 Å². The number of unbranched alkanes of at least 4 members (excludes halogenated alkanes) is 1. The first-order valence-corrected chi connectivity index (χ1v) is 11.1. The molecule has 4 rings (SSSR count). The SMILES string of the molecule is CCC1CC(Nc2nc(Nc3cc(C)[nH]n3)c3ccccc3n2)C[C@@H](CCCC#N)N1. The highest BCUT2D eigenvalue weighted by Gasteiger charge is 2.27. The fourth-order valence-electron chi connectivity index (χ4n) is 4.31. The van der Waals surface area contributed by atoms with E-state index < -0.39 is 0 Å². The maximum atomic E-state index is 8.85. The van der Waals surface area contributed by atoms with Gasteiger partial charge in [-0.1, -0.05) is 19.1 Å². The zero-order valence-corrected chi connectivity index (χ0v) is 18.2. The number of benzene rings is 1. The van der Waals surface area contributed by atoms with Crippen LogP contribution in [0.2, 0.25) is 0 Å². The van der Waals surface area contributed by atoms with Gasteiger partial charge in [0.05, 0.1) is 11.6 Å². The van der Waals surface area contributed by atoms with Crippen LogP contribution in [0.25, 0.3) is 10.9 Å². The summed E-state index contributed by atoms with van der Waals surface area (Å²) in [4.78, 5) is 9.57. The molecule has 1 aliphatic rings. The van der Waals surface area contributed by atoms with Crippen molar-refractivity contribution in [3.05, 3.63) is 36.0 Å². The van der Waals surface area contributed by atoms with Gasteiger partial charge >= 0.3 is 0 Å². The van der Waals surface area contributed by atoms with Crippen molar-refractivity contribution < 1.29 is 0 Å². The number of piperidine rings is 1. The van der Waals surface area contributed by atoms with Crippen LogP contribution in [0.4, 0.5) is 17.6 Å². The van der Waals surface area contributed by atoms with Crippen molar-refractivity contribution in [2.45, 2.75) is 70.5 Å². The number of rotatable bonds is 8. The van der Waals surface area contributed by atoms with Crippen LogP contribution < -0.4 is 16.0 Å². The van der Waals surface area contributed by atoms with Gasteiger partial charge in [-0.3, -0.25) is 5.10 Å². The highest BCUT2D eigenvalue weighted by molar-refractivity contribution is 5.91. The average molecular weight is 419 g/mol. The predicted octanol–water partition coefficient (Wildman–Crippen LogP) is 4.41. The fourth-order valence-corrected chi connectivity index (χ4v) is 4.31. The molecule has 31 heavy (non-hydrogen) atoms. The van der Waals surface area contributed by atoms with Crippen molar-refractivity contribution in [1.29, 1.82) is 5.26 Å². The summed E-state index contributed by atoms with van der Waals surface area (Å²) in [5.41, 5.74) is 1.88. The second-order valence-corrected chi connectivity index (χ2v) is 8.31. The molecule has 0 bridgehead atoms. The minimum Gasteiger partial charge on any atom is -0.351 e. The molecule has 3 atom stereocenters. The first-order valence-electron chi connectivity index (χ1n) is 11.1. The van der Waals surface area contributed by atoms with Gasteiger partial charge in [-0.05, 0) is 51.2 Å². The van der Waals surface area contributed by atoms with Gasteiger partial charge in [-0.15, -0.1) is 0 Å². The normalized spacial score (nSPS) is 21.0. The Morgan fingerprint density at radius 1 is 1.19 bits per heavy atom. The number of aryl methyl sites for hydroxylation is 1. The Labute approximate surface area is 182 Å². The lowest BCUT2D eigenvalue weighted by Crippen LogP contribution is -2.49. The number of para-hydroxylation sites is 1. The standard InChI is InChI=1S/C23H30N8/c1-3-16-13-18(14-17(25-16)8-6-7-11-24)26-23-27-20-10-5-4-9-19(20)22(29-23)28-21-12-15(2)30-31-21/h4-5,9-10,12,16-18,25H,3,6-8,13-14H2,1-2H3,(H3,26,27,28,29,30,31)/t16?,17-,18?/m1/s1. The van der Waals surface area contributed by atoms with Crippen LogP contribution in [0, 0.1) is 18.3 Å². The topological polar surface area (TPSA) is 114 Å². The van der Waals surface area contributed by atoms with E-state index in [4.69, 9.17) is 15.2 Å². The Hall–Kier alpha value is -3.18. The van der Waals surface area contributed by atoms with Gasteiger partial charge in [-0.2, -0.15) is 15.3 Å². The summed E-state index contributed by atoms with van der Waals surface area (Å²) in [7, 11) is 0. The van der Waals surface area contributed by atoms with E-state index in [9.17, 15) is 0 Å². The third-order valence-corrected chi connectivity index (χ3v) is 5.83. The highest BCUT2D eigenvalue weighted by Crippen LogP contribution is 2.27. The van der Waals surface area contributed by atoms with E-state index >= 15 is 0 Å². The van der Waals surface area contributed by atoms with Crippen LogP contribution in [-0.2, 0) is 0 Å². The molecular weight excluding hydrogens is 388 g/mol. The van der Waals surface area contributed by atoms with Gasteiger partial charge in [-0.25, -0.2) is 4.98 Å². The Bertz CT molecular complexity index is 1050. The number of anilines is 3. The fraction of sp³-hybridized carbons (Fsp3) is 0.478. The molecule has 0 spiro atoms. The number of nitriles is 1. The van der Waals surface area contributed by atoms with Crippen molar-refractivity contribution >= 4 is 28.5 Å². The molecule has 2 unspecified atom stereocenters. The summed E-state index contributed by atoms with van der Waals surface area (Å²) in [6.45, 7) is 4.18. The molecular formula is C23H30N8. The lowest BCUT2D eigenvalue weighted by atomic mass is 9.90. The number of aromatic nitrogens is 4. The van der Waals surface area contributed by atoms with Crippen molar-refractivity contribution in [3.63, 3.8) is 0 Å². The zero-order valence-electron chi connectivity index (χ0n) is 18.2. The average Bonchev–Trinajstić information content (AvgIpc) is 3.18. The molecule has 1 aliphatic heterocycles. The van der Waals surface area contributed by atoms with E-state index in [1.54, 1.807) is 0 Å². The summed E-state index contributed by atoms with van der Waals surface area (Å²) in [6, 6.07) is 13.4. The van der Waals surface area contributed by atoms with Crippen LogP contribution in [-0.4, -0.2) is 38.3 Å². The van der Waals surface area contributed by atoms with E-state index in [2.05, 4.69) is 39.1 Å². The Morgan fingerprint density at radius 3 is 2.81 bits per heavy atom. The molecule has 4 N–H and O–H groups in total. The molecule has 0 aliphatic carbocycles. The van der Waals surface area contributed by atoms with E-state index in [0.29, 0.717) is 30.5 Å². The van der Waals surface area contributed by atoms with Crippen LogP contribution in [0.1, 0.15) is 51.1 Å². The van der Waals surface area contributed by atoms with Gasteiger partial charge in [0.1, 0.15) is 5.82 Å². The van der Waals surface area contributed by atoms with Crippen LogP contribution in [0.15, 0.2) is 30.3 Å². The van der Waals surface area contributed by atoms with E-state index in [-0.39, 0.29) is 0 Å². The maximum Gasteiger partial charge on any atom is 0.225 e. The lowest BCUT2D eigenvalue weighted by Gasteiger charge is -2.36. The molecule has 3 heterocycles. The summed E-state index contributed by atoms with van der Waals surface area (Å²) >= 11 is 0. The largest absolute Gasteiger partial charge is 0.351 e. The number of H-pyrrole nitrogens is 1. The highest BCUT2D eigenvalue weighted by atomic mass is 15.2. The van der Waals surface area contributed by atoms with Crippen molar-refractivity contribution in [3.8, 4) is 6.07 Å². The first kappa shape index (κ1) is 21.1. The summed E-state index contributed by atoms with van der Waals surface area (Å²) in [5, 5.41) is 27.7. The van der Waals surface area contributed by atoms with Gasteiger partial charge in [0, 0.05) is 41.7 Å². The van der Waals surface area contributed by atoms with Crippen LogP contribution in [0.5, 0.6) is 0 Å². The molecule has 8 heteroatoms. The Balaban J connectivity index is 1.55. The molecule has 162 valence electrons. The molecule has 3 aromatic rings. The maximum absolute atomic E-state index is 8.85. The second kappa shape index (κ2) is 9.75. The molecule has 1 saturated heterocycles. The van der Waals surface area contributed by atoms with E-state index in [1.807, 2.05) is 37.3 Å². The molecule has 1 fully saturated rings. The molecule has 0 amide bonds. The monoisotopic (exact) mass is 418 g/mol. The number of aromatic amines is 1. The van der Waals surface area contributed by atoms with Crippen LogP contribution >= 0.6 is 0 Å². The smallest absolute Gasteiger partial charge is 0.225 e. The third-order valence-electron chi connectivity index (χ3n) is 5.83. The number of nitrogens with zero attached hydrogens (tertiary/aromatic N) is 4. The minimum atomic E-state index is 0.292. The van der Waals surface area contributed by atoms with Gasteiger partial charge in [0.15, 0.2) is 5.82 Å². The second-order valence-electron chi connectivity index (χ2n) is 8.31. The summed E-state index contributed by atoms with van der Waals surface area (Å²) in [5.74, 6) is 2.11. The lowest BCUT2D eigenvalue weighted by molar-refractivity contribution is 0.281. The first-order chi connectivity index (χ1) is 15.1. The molecule has 0 radical (unpaired) electrons. The number of nitrogens with one attached hydrogen (secondary N) is 4. The number of fused-ring (bicyclic) bond motifs is 1. The summed E-state index contributed by atoms with van der Waals surface area (Å²) in [6.07, 6.45) is 5.68. The molecule has 2 aromatic heterocycles. The molecule has 8 nitrogen and oxygen atoms in total. The van der Waals surface area contributed by atoms with Crippen molar-refractivity contribution in [2.75, 3.05) is 10.6 Å². The van der Waals surface area contributed by atoms with Crippen LogP contribution in [0.3, 0.4) is 0 Å². The van der Waals surface area contributed by atoms with Gasteiger partial charge < -0.3 is 16.0 Å². The third kappa shape index (κ3) is 5.30. The number of hydrogen-bond donors (Lipinski definition) is 4. The quantitative estimate of drug-likeness (QED) is 0.401. The number of hydrogen-bond acceptors (Lipinski definition) is 7. The Kier molecular flexibility index (Phi) is 6.63. The molecule has 0 saturated carbocycles. The predicted molar refractivity (Wildman–Crippen MR) is 123 cm³/mol. The molecule has 1 aromatic carbocycles. The van der Waals surface area contributed by atoms with Gasteiger partial charge in [0.25, 0.3) is 0 Å². The van der Waals surface area contributed by atoms with Gasteiger partial charge in [0.2, 0.25) is 5.95 Å². The van der Waals surface area contributed by atoms with Crippen molar-refractivity contribution in [1.82, 2.24) is 25.5 Å². The van der Waals surface area contributed by atoms with E-state index in [1.165, 1.54) is 0 Å². The zero-order chi connectivity index (χ0) is 21.6. The van der Waals surface area contributed by atoms with E-state index in [0.717, 1.165) is 60.3 Å². The minimum absolute atomic E-state index is 0.292. The summed E-state index contributed by atoms with van der Waals surface area (Å²) < 4.78 is 0.